The summed E-state index contributed by atoms with van der Waals surface area (Å²) in [6.45, 7) is 1.71. The molecule has 0 radical (unpaired) electrons. The van der Waals surface area contributed by atoms with Gasteiger partial charge in [0.2, 0.25) is 5.91 Å². The standard InChI is InChI=1S/C16H20N4O3/c1-11-4-2-3-7-16(11)14(22)20(15(23)19-16)10-13(21)18-12-5-8-17-9-6-12/h5-6,8-9,11H,2-4,7,10H2,1H3,(H,19,23)(H,17,18,21). The molecule has 2 fully saturated rings. The van der Waals surface area contributed by atoms with Crippen LogP contribution >= 0.6 is 0 Å². The number of anilines is 1. The Morgan fingerprint density at radius 1 is 1.39 bits per heavy atom. The minimum atomic E-state index is -0.827. The zero-order valence-electron chi connectivity index (χ0n) is 13.0. The number of pyridine rings is 1. The van der Waals surface area contributed by atoms with E-state index in [9.17, 15) is 14.4 Å². The molecule has 1 aliphatic carbocycles. The van der Waals surface area contributed by atoms with Crippen molar-refractivity contribution in [1.82, 2.24) is 15.2 Å². The Hall–Kier alpha value is -2.44. The average Bonchev–Trinajstić information content (AvgIpc) is 2.76. The Morgan fingerprint density at radius 2 is 2.13 bits per heavy atom. The van der Waals surface area contributed by atoms with E-state index in [4.69, 9.17) is 0 Å². The minimum absolute atomic E-state index is 0.0842. The highest BCUT2D eigenvalue weighted by Crippen LogP contribution is 2.38. The average molecular weight is 316 g/mol. The van der Waals surface area contributed by atoms with Crippen LogP contribution in [0.15, 0.2) is 24.5 Å². The van der Waals surface area contributed by atoms with Crippen LogP contribution in [0.1, 0.15) is 32.6 Å². The first-order chi connectivity index (χ1) is 11.0. The second-order valence-electron chi connectivity index (χ2n) is 6.22. The van der Waals surface area contributed by atoms with Crippen molar-refractivity contribution in [3.63, 3.8) is 0 Å². The van der Waals surface area contributed by atoms with E-state index in [-0.39, 0.29) is 18.4 Å². The van der Waals surface area contributed by atoms with Crippen molar-refractivity contribution in [3.8, 4) is 0 Å². The summed E-state index contributed by atoms with van der Waals surface area (Å²) < 4.78 is 0. The third-order valence-electron chi connectivity index (χ3n) is 4.77. The van der Waals surface area contributed by atoms with Gasteiger partial charge in [-0.15, -0.1) is 0 Å². The second-order valence-corrected chi connectivity index (χ2v) is 6.22. The number of nitrogens with one attached hydrogen (secondary N) is 2. The molecular formula is C16H20N4O3. The van der Waals surface area contributed by atoms with Gasteiger partial charge in [0.1, 0.15) is 12.1 Å². The Bertz CT molecular complexity index is 633. The first-order valence-corrected chi connectivity index (χ1v) is 7.87. The quantitative estimate of drug-likeness (QED) is 0.827. The molecule has 0 aromatic carbocycles. The summed E-state index contributed by atoms with van der Waals surface area (Å²) in [6, 6.07) is 2.82. The number of rotatable bonds is 3. The van der Waals surface area contributed by atoms with E-state index in [0.717, 1.165) is 24.2 Å². The third kappa shape index (κ3) is 2.78. The number of hydrogen-bond acceptors (Lipinski definition) is 4. The number of aromatic nitrogens is 1. The van der Waals surface area contributed by atoms with E-state index in [1.165, 1.54) is 0 Å². The zero-order valence-corrected chi connectivity index (χ0v) is 13.0. The number of imide groups is 1. The summed E-state index contributed by atoms with van der Waals surface area (Å²) in [4.78, 5) is 41.9. The SMILES string of the molecule is CC1CCCCC12NC(=O)N(CC(=O)Nc1ccncc1)C2=O. The van der Waals surface area contributed by atoms with Crippen molar-refractivity contribution in [2.24, 2.45) is 5.92 Å². The largest absolute Gasteiger partial charge is 0.325 e. The van der Waals surface area contributed by atoms with Gasteiger partial charge in [0, 0.05) is 18.1 Å². The Balaban J connectivity index is 1.69. The predicted molar refractivity (Wildman–Crippen MR) is 83.5 cm³/mol. The molecule has 1 aromatic heterocycles. The number of hydrogen-bond donors (Lipinski definition) is 2. The van der Waals surface area contributed by atoms with Crippen LogP contribution in [0.5, 0.6) is 0 Å². The molecule has 1 saturated carbocycles. The summed E-state index contributed by atoms with van der Waals surface area (Å²) >= 11 is 0. The molecule has 1 spiro atoms. The molecule has 0 bridgehead atoms. The molecular weight excluding hydrogens is 296 g/mol. The predicted octanol–water partition coefficient (Wildman–Crippen LogP) is 1.52. The van der Waals surface area contributed by atoms with Gasteiger partial charge in [-0.3, -0.25) is 19.5 Å². The van der Waals surface area contributed by atoms with Gasteiger partial charge >= 0.3 is 6.03 Å². The van der Waals surface area contributed by atoms with Crippen molar-refractivity contribution < 1.29 is 14.4 Å². The maximum absolute atomic E-state index is 12.7. The fourth-order valence-corrected chi connectivity index (χ4v) is 3.42. The van der Waals surface area contributed by atoms with E-state index < -0.39 is 17.5 Å². The van der Waals surface area contributed by atoms with Gasteiger partial charge in [0.25, 0.3) is 5.91 Å². The molecule has 2 atom stereocenters. The Morgan fingerprint density at radius 3 is 2.83 bits per heavy atom. The maximum Gasteiger partial charge on any atom is 0.325 e. The summed E-state index contributed by atoms with van der Waals surface area (Å²) in [7, 11) is 0. The molecule has 1 aromatic rings. The summed E-state index contributed by atoms with van der Waals surface area (Å²) in [6.07, 6.45) is 6.64. The number of urea groups is 1. The molecule has 1 saturated heterocycles. The normalized spacial score (nSPS) is 27.2. The van der Waals surface area contributed by atoms with E-state index in [0.29, 0.717) is 12.1 Å². The number of nitrogens with zero attached hydrogens (tertiary/aromatic N) is 2. The second kappa shape index (κ2) is 5.98. The minimum Gasteiger partial charge on any atom is -0.324 e. The van der Waals surface area contributed by atoms with Gasteiger partial charge in [-0.25, -0.2) is 4.79 Å². The number of carbonyl (C=O) groups excluding carboxylic acids is 3. The smallest absolute Gasteiger partial charge is 0.324 e. The Labute approximate surface area is 134 Å². The fourth-order valence-electron chi connectivity index (χ4n) is 3.42. The van der Waals surface area contributed by atoms with Gasteiger partial charge in [-0.2, -0.15) is 0 Å². The lowest BCUT2D eigenvalue weighted by molar-refractivity contribution is -0.136. The van der Waals surface area contributed by atoms with Crippen LogP contribution in [0, 0.1) is 5.92 Å². The van der Waals surface area contributed by atoms with Crippen LogP contribution in [0.2, 0.25) is 0 Å². The van der Waals surface area contributed by atoms with E-state index in [1.54, 1.807) is 24.5 Å². The number of amides is 4. The molecule has 1 aliphatic heterocycles. The van der Waals surface area contributed by atoms with Crippen LogP contribution in [0.25, 0.3) is 0 Å². The molecule has 4 amide bonds. The highest BCUT2D eigenvalue weighted by molar-refractivity contribution is 6.10. The van der Waals surface area contributed by atoms with Gasteiger partial charge in [-0.05, 0) is 30.9 Å². The molecule has 2 unspecified atom stereocenters. The van der Waals surface area contributed by atoms with Gasteiger partial charge < -0.3 is 10.6 Å². The zero-order chi connectivity index (χ0) is 16.4. The van der Waals surface area contributed by atoms with Crippen LogP contribution in [-0.2, 0) is 9.59 Å². The Kier molecular flexibility index (Phi) is 4.02. The van der Waals surface area contributed by atoms with Crippen molar-refractivity contribution in [3.05, 3.63) is 24.5 Å². The molecule has 3 rings (SSSR count). The molecule has 7 nitrogen and oxygen atoms in total. The monoisotopic (exact) mass is 316 g/mol. The van der Waals surface area contributed by atoms with E-state index >= 15 is 0 Å². The fraction of sp³-hybridized carbons (Fsp3) is 0.500. The van der Waals surface area contributed by atoms with Gasteiger partial charge in [-0.1, -0.05) is 19.8 Å². The van der Waals surface area contributed by atoms with Gasteiger partial charge in [0.05, 0.1) is 0 Å². The molecule has 7 heteroatoms. The lowest BCUT2D eigenvalue weighted by Crippen LogP contribution is -2.54. The van der Waals surface area contributed by atoms with Gasteiger partial charge in [0.15, 0.2) is 0 Å². The molecule has 122 valence electrons. The number of carbonyl (C=O) groups is 3. The van der Waals surface area contributed by atoms with Crippen molar-refractivity contribution in [2.75, 3.05) is 11.9 Å². The summed E-state index contributed by atoms with van der Waals surface area (Å²) in [5.74, 6) is -0.597. The van der Waals surface area contributed by atoms with Crippen LogP contribution in [-0.4, -0.2) is 39.8 Å². The van der Waals surface area contributed by atoms with Crippen molar-refractivity contribution in [1.29, 1.82) is 0 Å². The lowest BCUT2D eigenvalue weighted by atomic mass is 9.73. The van der Waals surface area contributed by atoms with Crippen molar-refractivity contribution >= 4 is 23.5 Å². The van der Waals surface area contributed by atoms with Crippen molar-refractivity contribution in [2.45, 2.75) is 38.1 Å². The maximum atomic E-state index is 12.7. The van der Waals surface area contributed by atoms with Crippen LogP contribution in [0.4, 0.5) is 10.5 Å². The highest BCUT2D eigenvalue weighted by atomic mass is 16.2. The highest BCUT2D eigenvalue weighted by Gasteiger charge is 2.55. The van der Waals surface area contributed by atoms with E-state index in [2.05, 4.69) is 15.6 Å². The molecule has 2 aliphatic rings. The lowest BCUT2D eigenvalue weighted by Gasteiger charge is -2.36. The topological polar surface area (TPSA) is 91.4 Å². The van der Waals surface area contributed by atoms with E-state index in [1.807, 2.05) is 6.92 Å². The summed E-state index contributed by atoms with van der Waals surface area (Å²) in [5, 5.41) is 5.50. The third-order valence-corrected chi connectivity index (χ3v) is 4.77. The first kappa shape index (κ1) is 15.5. The van der Waals surface area contributed by atoms with Crippen LogP contribution in [0.3, 0.4) is 0 Å². The molecule has 2 N–H and O–H groups in total. The molecule has 2 heterocycles. The molecule has 23 heavy (non-hydrogen) atoms. The summed E-state index contributed by atoms with van der Waals surface area (Å²) in [5.41, 5.74) is -0.246. The first-order valence-electron chi connectivity index (χ1n) is 7.87. The van der Waals surface area contributed by atoms with Crippen LogP contribution < -0.4 is 10.6 Å².